The lowest BCUT2D eigenvalue weighted by Crippen LogP contribution is -2.34. The van der Waals surface area contributed by atoms with Gasteiger partial charge >= 0.3 is 0 Å². The molecule has 1 aromatic rings. The van der Waals surface area contributed by atoms with E-state index in [0.717, 1.165) is 36.6 Å². The Morgan fingerprint density at radius 2 is 2.05 bits per heavy atom. The van der Waals surface area contributed by atoms with Crippen molar-refractivity contribution in [1.82, 2.24) is 9.97 Å². The monoisotopic (exact) mass is 264 g/mol. The molecule has 2 heterocycles. The Kier molecular flexibility index (Phi) is 3.67. The largest absolute Gasteiger partial charge is 0.394 e. The maximum Gasteiger partial charge on any atom is 0.138 e. The minimum atomic E-state index is -0.134. The summed E-state index contributed by atoms with van der Waals surface area (Å²) in [6, 6.07) is 0.154. The van der Waals surface area contributed by atoms with Crippen LogP contribution in [0.3, 0.4) is 0 Å². The highest BCUT2D eigenvalue weighted by Crippen LogP contribution is 2.31. The summed E-state index contributed by atoms with van der Waals surface area (Å²) >= 11 is 0. The third-order valence-corrected chi connectivity index (χ3v) is 3.69. The maximum atomic E-state index is 9.47. The van der Waals surface area contributed by atoms with Gasteiger partial charge in [0.15, 0.2) is 0 Å². The third-order valence-electron chi connectivity index (χ3n) is 3.69. The lowest BCUT2D eigenvalue weighted by Gasteiger charge is -2.28. The number of rotatable bonds is 2. The van der Waals surface area contributed by atoms with E-state index in [4.69, 9.17) is 10.7 Å². The summed E-state index contributed by atoms with van der Waals surface area (Å²) in [6.07, 6.45) is 2.09. The Morgan fingerprint density at radius 3 is 2.63 bits per heavy atom. The van der Waals surface area contributed by atoms with Crippen LogP contribution >= 0.6 is 0 Å². The second kappa shape index (κ2) is 4.96. The lowest BCUT2D eigenvalue weighted by molar-refractivity contribution is 0.266. The molecule has 0 aliphatic carbocycles. The Hall–Kier alpha value is -1.36. The molecule has 0 spiro atoms. The van der Waals surface area contributed by atoms with Crippen LogP contribution in [-0.4, -0.2) is 34.3 Å². The van der Waals surface area contributed by atoms with E-state index < -0.39 is 0 Å². The van der Waals surface area contributed by atoms with Crippen molar-refractivity contribution in [3.8, 4) is 0 Å². The van der Waals surface area contributed by atoms with Gasteiger partial charge in [0.2, 0.25) is 0 Å². The lowest BCUT2D eigenvalue weighted by atomic mass is 9.95. The van der Waals surface area contributed by atoms with Crippen molar-refractivity contribution in [1.29, 1.82) is 0 Å². The Morgan fingerprint density at radius 1 is 1.37 bits per heavy atom. The van der Waals surface area contributed by atoms with E-state index in [1.807, 2.05) is 6.92 Å². The first-order chi connectivity index (χ1) is 8.84. The molecular weight excluding hydrogens is 240 g/mol. The predicted octanol–water partition coefficient (Wildman–Crippen LogP) is 1.63. The van der Waals surface area contributed by atoms with Gasteiger partial charge in [-0.1, -0.05) is 20.8 Å². The molecule has 0 aromatic carbocycles. The van der Waals surface area contributed by atoms with Crippen molar-refractivity contribution in [2.45, 2.75) is 52.0 Å². The van der Waals surface area contributed by atoms with Gasteiger partial charge < -0.3 is 15.7 Å². The zero-order valence-corrected chi connectivity index (χ0v) is 12.3. The normalized spacial score (nSPS) is 20.1. The van der Waals surface area contributed by atoms with Crippen LogP contribution in [0.1, 0.15) is 45.0 Å². The number of aliphatic hydroxyl groups is 1. The van der Waals surface area contributed by atoms with Crippen molar-refractivity contribution >= 4 is 11.6 Å². The maximum absolute atomic E-state index is 9.47. The second-order valence-corrected chi connectivity index (χ2v) is 6.30. The van der Waals surface area contributed by atoms with Crippen molar-refractivity contribution in [2.24, 2.45) is 0 Å². The van der Waals surface area contributed by atoms with E-state index in [2.05, 4.69) is 30.7 Å². The van der Waals surface area contributed by atoms with Gasteiger partial charge in [-0.25, -0.2) is 9.97 Å². The van der Waals surface area contributed by atoms with Crippen LogP contribution in [0, 0.1) is 6.92 Å². The molecule has 3 N–H and O–H groups in total. The minimum absolute atomic E-state index is 0.134. The van der Waals surface area contributed by atoms with Gasteiger partial charge in [-0.15, -0.1) is 0 Å². The van der Waals surface area contributed by atoms with Gasteiger partial charge in [-0.3, -0.25) is 0 Å². The molecule has 1 unspecified atom stereocenters. The van der Waals surface area contributed by atoms with E-state index in [1.54, 1.807) is 0 Å². The number of hydrogen-bond donors (Lipinski definition) is 2. The number of anilines is 2. The molecule has 1 saturated heterocycles. The molecule has 5 heteroatoms. The van der Waals surface area contributed by atoms with Crippen LogP contribution < -0.4 is 10.6 Å². The molecule has 1 fully saturated rings. The van der Waals surface area contributed by atoms with Gasteiger partial charge in [0.05, 0.1) is 12.6 Å². The number of aromatic nitrogens is 2. The van der Waals surface area contributed by atoms with Gasteiger partial charge in [0, 0.05) is 17.5 Å². The molecule has 0 saturated carbocycles. The third kappa shape index (κ3) is 2.66. The number of nitrogens with two attached hydrogens (primary N) is 1. The van der Waals surface area contributed by atoms with Crippen LogP contribution in [0.2, 0.25) is 0 Å². The molecule has 1 aromatic heterocycles. The van der Waals surface area contributed by atoms with Crippen molar-refractivity contribution in [2.75, 3.05) is 23.8 Å². The fourth-order valence-electron chi connectivity index (χ4n) is 2.44. The van der Waals surface area contributed by atoms with Gasteiger partial charge in [-0.2, -0.15) is 0 Å². The predicted molar refractivity (Wildman–Crippen MR) is 77.3 cm³/mol. The van der Waals surface area contributed by atoms with Crippen LogP contribution in [0.25, 0.3) is 0 Å². The fourth-order valence-corrected chi connectivity index (χ4v) is 2.44. The summed E-state index contributed by atoms with van der Waals surface area (Å²) in [5.74, 6) is 2.18. The molecule has 106 valence electrons. The van der Waals surface area contributed by atoms with Crippen LogP contribution in [0.5, 0.6) is 0 Å². The standard InChI is InChI=1S/C14H24N4O/c1-9-11(15)16-13(14(2,3)4)17-12(9)18-7-5-6-10(18)8-19/h10,19H,5-8H2,1-4H3,(H2,15,16,17). The van der Waals surface area contributed by atoms with Gasteiger partial charge in [0.1, 0.15) is 17.5 Å². The topological polar surface area (TPSA) is 75.3 Å². The van der Waals surface area contributed by atoms with E-state index in [1.165, 1.54) is 0 Å². The second-order valence-electron chi connectivity index (χ2n) is 6.30. The Bertz CT molecular complexity index is 467. The Balaban J connectivity index is 2.47. The molecule has 0 bridgehead atoms. The minimum Gasteiger partial charge on any atom is -0.394 e. The quantitative estimate of drug-likeness (QED) is 0.849. The highest BCUT2D eigenvalue weighted by atomic mass is 16.3. The molecule has 0 radical (unpaired) electrons. The zero-order chi connectivity index (χ0) is 14.2. The summed E-state index contributed by atoms with van der Waals surface area (Å²) in [5, 5.41) is 9.47. The van der Waals surface area contributed by atoms with Gasteiger partial charge in [-0.05, 0) is 19.8 Å². The van der Waals surface area contributed by atoms with E-state index in [0.29, 0.717) is 5.82 Å². The van der Waals surface area contributed by atoms with Crippen LogP contribution in [-0.2, 0) is 5.41 Å². The summed E-state index contributed by atoms with van der Waals surface area (Å²) in [5.41, 5.74) is 6.81. The molecule has 5 nitrogen and oxygen atoms in total. The number of nitrogen functional groups attached to an aromatic ring is 1. The molecule has 19 heavy (non-hydrogen) atoms. The number of nitrogens with zero attached hydrogens (tertiary/aromatic N) is 3. The smallest absolute Gasteiger partial charge is 0.138 e. The van der Waals surface area contributed by atoms with Crippen LogP contribution in [0.15, 0.2) is 0 Å². The number of aliphatic hydroxyl groups excluding tert-OH is 1. The zero-order valence-electron chi connectivity index (χ0n) is 12.3. The highest BCUT2D eigenvalue weighted by Gasteiger charge is 2.29. The van der Waals surface area contributed by atoms with E-state index >= 15 is 0 Å². The summed E-state index contributed by atoms with van der Waals surface area (Å²) in [4.78, 5) is 11.3. The van der Waals surface area contributed by atoms with E-state index in [9.17, 15) is 5.11 Å². The average Bonchev–Trinajstić information content (AvgIpc) is 2.79. The first-order valence-corrected chi connectivity index (χ1v) is 6.86. The molecule has 0 amide bonds. The fraction of sp³-hybridized carbons (Fsp3) is 0.714. The first kappa shape index (κ1) is 14.1. The van der Waals surface area contributed by atoms with Crippen molar-refractivity contribution in [3.05, 3.63) is 11.4 Å². The molecule has 1 aliphatic rings. The summed E-state index contributed by atoms with van der Waals surface area (Å²) in [7, 11) is 0. The summed E-state index contributed by atoms with van der Waals surface area (Å²) in [6.45, 7) is 9.27. The molecule has 2 rings (SSSR count). The molecule has 1 aliphatic heterocycles. The Labute approximate surface area is 114 Å². The van der Waals surface area contributed by atoms with Gasteiger partial charge in [0.25, 0.3) is 0 Å². The number of hydrogen-bond acceptors (Lipinski definition) is 5. The highest BCUT2D eigenvalue weighted by molar-refractivity contribution is 5.58. The average molecular weight is 264 g/mol. The van der Waals surface area contributed by atoms with Crippen molar-refractivity contribution < 1.29 is 5.11 Å². The first-order valence-electron chi connectivity index (χ1n) is 6.86. The molecule has 1 atom stereocenters. The van der Waals surface area contributed by atoms with Crippen LogP contribution in [0.4, 0.5) is 11.6 Å². The van der Waals surface area contributed by atoms with Crippen molar-refractivity contribution in [3.63, 3.8) is 0 Å². The van der Waals surface area contributed by atoms with E-state index in [-0.39, 0.29) is 18.1 Å². The molecular formula is C14H24N4O. The summed E-state index contributed by atoms with van der Waals surface area (Å²) < 4.78 is 0. The SMILES string of the molecule is Cc1c(N)nc(C(C)(C)C)nc1N1CCCC1CO.